The van der Waals surface area contributed by atoms with Crippen molar-refractivity contribution in [2.75, 3.05) is 24.5 Å². The molecule has 2 aromatic carbocycles. The van der Waals surface area contributed by atoms with Crippen molar-refractivity contribution in [2.24, 2.45) is 0 Å². The second-order valence-corrected chi connectivity index (χ2v) is 5.77. The highest BCUT2D eigenvalue weighted by molar-refractivity contribution is 5.85. The fraction of sp³-hybridized carbons (Fsp3) is 0.444. The molecule has 1 saturated heterocycles. The lowest BCUT2D eigenvalue weighted by Gasteiger charge is -2.26. The van der Waals surface area contributed by atoms with Crippen molar-refractivity contribution < 1.29 is 0 Å². The van der Waals surface area contributed by atoms with Gasteiger partial charge in [0.05, 0.1) is 0 Å². The molecular formula is C18H24N2. The van der Waals surface area contributed by atoms with Crippen LogP contribution in [-0.4, -0.2) is 25.7 Å². The lowest BCUT2D eigenvalue weighted by molar-refractivity contribution is 0.503. The molecule has 0 radical (unpaired) electrons. The lowest BCUT2D eigenvalue weighted by atomic mass is 10.1. The first-order chi connectivity index (χ1) is 9.86. The number of nitrogens with one attached hydrogen (secondary N) is 1. The summed E-state index contributed by atoms with van der Waals surface area (Å²) < 4.78 is 0. The molecule has 20 heavy (non-hydrogen) atoms. The van der Waals surface area contributed by atoms with E-state index >= 15 is 0 Å². The van der Waals surface area contributed by atoms with Crippen LogP contribution in [0.2, 0.25) is 0 Å². The first kappa shape index (κ1) is 13.4. The highest BCUT2D eigenvalue weighted by atomic mass is 15.2. The molecule has 1 heterocycles. The third-order valence-electron chi connectivity index (χ3n) is 4.21. The Morgan fingerprint density at radius 3 is 2.85 bits per heavy atom. The molecule has 1 atom stereocenters. The Morgan fingerprint density at radius 2 is 2.00 bits per heavy atom. The molecule has 2 nitrogen and oxygen atoms in total. The summed E-state index contributed by atoms with van der Waals surface area (Å²) >= 11 is 0. The van der Waals surface area contributed by atoms with Crippen molar-refractivity contribution in [1.82, 2.24) is 5.32 Å². The SMILES string of the molecule is CCCC1CN(c2ccc3ccccc3c2)CCCN1. The molecule has 1 N–H and O–H groups in total. The largest absolute Gasteiger partial charge is 0.370 e. The Hall–Kier alpha value is -1.54. The molecule has 2 heteroatoms. The zero-order valence-corrected chi connectivity index (χ0v) is 12.3. The van der Waals surface area contributed by atoms with Gasteiger partial charge in [0.1, 0.15) is 0 Å². The molecule has 3 rings (SSSR count). The van der Waals surface area contributed by atoms with Gasteiger partial charge in [-0.1, -0.05) is 43.7 Å². The van der Waals surface area contributed by atoms with Gasteiger partial charge in [-0.3, -0.25) is 0 Å². The fourth-order valence-electron chi connectivity index (χ4n) is 3.15. The average Bonchev–Trinajstić information content (AvgIpc) is 2.73. The summed E-state index contributed by atoms with van der Waals surface area (Å²) in [5, 5.41) is 6.35. The van der Waals surface area contributed by atoms with Crippen LogP contribution in [0.15, 0.2) is 42.5 Å². The maximum Gasteiger partial charge on any atom is 0.0373 e. The van der Waals surface area contributed by atoms with Crippen molar-refractivity contribution in [3.05, 3.63) is 42.5 Å². The maximum atomic E-state index is 3.68. The van der Waals surface area contributed by atoms with Crippen molar-refractivity contribution in [3.8, 4) is 0 Å². The van der Waals surface area contributed by atoms with Gasteiger partial charge in [-0.15, -0.1) is 0 Å². The van der Waals surface area contributed by atoms with Gasteiger partial charge in [-0.05, 0) is 42.3 Å². The third kappa shape index (κ3) is 2.96. The number of hydrogen-bond donors (Lipinski definition) is 1. The van der Waals surface area contributed by atoms with E-state index in [1.807, 2.05) is 0 Å². The summed E-state index contributed by atoms with van der Waals surface area (Å²) in [7, 11) is 0. The van der Waals surface area contributed by atoms with Crippen molar-refractivity contribution in [2.45, 2.75) is 32.2 Å². The Balaban J connectivity index is 1.84. The Bertz CT molecular complexity index is 564. The molecule has 1 unspecified atom stereocenters. The van der Waals surface area contributed by atoms with Gasteiger partial charge < -0.3 is 10.2 Å². The second kappa shape index (κ2) is 6.27. The number of rotatable bonds is 3. The van der Waals surface area contributed by atoms with Gasteiger partial charge in [0, 0.05) is 24.8 Å². The second-order valence-electron chi connectivity index (χ2n) is 5.77. The predicted molar refractivity (Wildman–Crippen MR) is 87.5 cm³/mol. The van der Waals surface area contributed by atoms with Crippen molar-refractivity contribution in [1.29, 1.82) is 0 Å². The first-order valence-corrected chi connectivity index (χ1v) is 7.84. The summed E-state index contributed by atoms with van der Waals surface area (Å²) in [5.74, 6) is 0. The number of anilines is 1. The van der Waals surface area contributed by atoms with Gasteiger partial charge in [0.2, 0.25) is 0 Å². The van der Waals surface area contributed by atoms with E-state index in [2.05, 4.69) is 59.6 Å². The van der Waals surface area contributed by atoms with Crippen LogP contribution in [0.25, 0.3) is 10.8 Å². The Morgan fingerprint density at radius 1 is 1.15 bits per heavy atom. The summed E-state index contributed by atoms with van der Waals surface area (Å²) in [6.45, 7) is 5.71. The van der Waals surface area contributed by atoms with Gasteiger partial charge in [0.25, 0.3) is 0 Å². The number of hydrogen-bond acceptors (Lipinski definition) is 2. The van der Waals surface area contributed by atoms with Crippen molar-refractivity contribution in [3.63, 3.8) is 0 Å². The minimum Gasteiger partial charge on any atom is -0.370 e. The van der Waals surface area contributed by atoms with E-state index in [0.29, 0.717) is 6.04 Å². The summed E-state index contributed by atoms with van der Waals surface area (Å²) in [6.07, 6.45) is 3.75. The van der Waals surface area contributed by atoms with Crippen LogP contribution in [0.1, 0.15) is 26.2 Å². The number of benzene rings is 2. The highest BCUT2D eigenvalue weighted by Gasteiger charge is 2.17. The molecule has 1 aliphatic rings. The van der Waals surface area contributed by atoms with Crippen LogP contribution in [0.3, 0.4) is 0 Å². The molecule has 2 aromatic rings. The Kier molecular flexibility index (Phi) is 4.22. The lowest BCUT2D eigenvalue weighted by Crippen LogP contribution is -2.37. The zero-order valence-electron chi connectivity index (χ0n) is 12.3. The van der Waals surface area contributed by atoms with Crippen LogP contribution < -0.4 is 10.2 Å². The predicted octanol–water partition coefficient (Wildman–Crippen LogP) is 3.81. The fourth-order valence-corrected chi connectivity index (χ4v) is 3.15. The minimum atomic E-state index is 0.633. The Labute approximate surface area is 121 Å². The number of fused-ring (bicyclic) bond motifs is 1. The van der Waals surface area contributed by atoms with E-state index in [4.69, 9.17) is 0 Å². The smallest absolute Gasteiger partial charge is 0.0373 e. The standard InChI is InChI=1S/C18H24N2/c1-2-6-17-14-20(12-5-11-19-17)18-10-9-15-7-3-4-8-16(15)13-18/h3-4,7-10,13,17,19H,2,5-6,11-12,14H2,1H3. The topological polar surface area (TPSA) is 15.3 Å². The molecule has 0 aromatic heterocycles. The summed E-state index contributed by atoms with van der Waals surface area (Å²) in [4.78, 5) is 2.55. The monoisotopic (exact) mass is 268 g/mol. The zero-order chi connectivity index (χ0) is 13.8. The molecule has 1 aliphatic heterocycles. The highest BCUT2D eigenvalue weighted by Crippen LogP contribution is 2.23. The van der Waals surface area contributed by atoms with E-state index in [1.54, 1.807) is 0 Å². The van der Waals surface area contributed by atoms with E-state index in [0.717, 1.165) is 19.6 Å². The molecule has 0 amide bonds. The molecule has 0 aliphatic carbocycles. The van der Waals surface area contributed by atoms with E-state index in [-0.39, 0.29) is 0 Å². The molecule has 106 valence electrons. The van der Waals surface area contributed by atoms with Crippen LogP contribution in [-0.2, 0) is 0 Å². The normalized spacial score (nSPS) is 20.1. The number of nitrogens with zero attached hydrogens (tertiary/aromatic N) is 1. The van der Waals surface area contributed by atoms with Gasteiger partial charge in [-0.2, -0.15) is 0 Å². The van der Waals surface area contributed by atoms with Gasteiger partial charge >= 0.3 is 0 Å². The van der Waals surface area contributed by atoms with E-state index in [1.165, 1.54) is 35.7 Å². The average molecular weight is 268 g/mol. The van der Waals surface area contributed by atoms with Crippen LogP contribution in [0.5, 0.6) is 0 Å². The van der Waals surface area contributed by atoms with Gasteiger partial charge in [0.15, 0.2) is 0 Å². The van der Waals surface area contributed by atoms with Crippen LogP contribution in [0.4, 0.5) is 5.69 Å². The van der Waals surface area contributed by atoms with Crippen LogP contribution >= 0.6 is 0 Å². The minimum absolute atomic E-state index is 0.633. The quantitative estimate of drug-likeness (QED) is 0.910. The molecule has 0 saturated carbocycles. The molecule has 0 bridgehead atoms. The summed E-state index contributed by atoms with van der Waals surface area (Å²) in [6, 6.07) is 16.1. The van der Waals surface area contributed by atoms with Crippen molar-refractivity contribution >= 4 is 16.5 Å². The third-order valence-corrected chi connectivity index (χ3v) is 4.21. The first-order valence-electron chi connectivity index (χ1n) is 7.84. The van der Waals surface area contributed by atoms with Gasteiger partial charge in [-0.25, -0.2) is 0 Å². The molecule has 0 spiro atoms. The van der Waals surface area contributed by atoms with E-state index < -0.39 is 0 Å². The van der Waals surface area contributed by atoms with Crippen LogP contribution in [0, 0.1) is 0 Å². The maximum absolute atomic E-state index is 3.68. The molecular weight excluding hydrogens is 244 g/mol. The molecule has 1 fully saturated rings. The van der Waals surface area contributed by atoms with E-state index in [9.17, 15) is 0 Å². The summed E-state index contributed by atoms with van der Waals surface area (Å²) in [5.41, 5.74) is 1.37.